The van der Waals surface area contributed by atoms with Crippen molar-refractivity contribution in [3.05, 3.63) is 42.7 Å². The lowest BCUT2D eigenvalue weighted by Crippen LogP contribution is -2.15. The molecule has 0 aliphatic rings. The standard InChI is InChI=1S/C13H16N4O2S/c1-17(2)11-5-3-10(4-6-11)16-20(18,19)13-9-15-8-7-12(13)14/h3-9,16H,1-2H3,(H2,14,15). The first-order valence-corrected chi connectivity index (χ1v) is 7.38. The summed E-state index contributed by atoms with van der Waals surface area (Å²) in [6.07, 6.45) is 2.67. The number of nitrogens with one attached hydrogen (secondary N) is 1. The zero-order valence-electron chi connectivity index (χ0n) is 11.2. The van der Waals surface area contributed by atoms with E-state index >= 15 is 0 Å². The summed E-state index contributed by atoms with van der Waals surface area (Å²) < 4.78 is 26.9. The summed E-state index contributed by atoms with van der Waals surface area (Å²) in [4.78, 5) is 5.68. The number of hydrogen-bond acceptors (Lipinski definition) is 5. The van der Waals surface area contributed by atoms with Gasteiger partial charge in [0.25, 0.3) is 10.0 Å². The molecule has 0 atom stereocenters. The van der Waals surface area contributed by atoms with Crippen LogP contribution in [0.15, 0.2) is 47.6 Å². The van der Waals surface area contributed by atoms with Gasteiger partial charge in [0, 0.05) is 37.9 Å². The summed E-state index contributed by atoms with van der Waals surface area (Å²) in [5, 5.41) is 0. The van der Waals surface area contributed by atoms with Crippen LogP contribution in [0.1, 0.15) is 0 Å². The molecule has 0 aliphatic carbocycles. The maximum absolute atomic E-state index is 12.2. The summed E-state index contributed by atoms with van der Waals surface area (Å²) in [6.45, 7) is 0. The number of nitrogen functional groups attached to an aromatic ring is 1. The van der Waals surface area contributed by atoms with E-state index in [9.17, 15) is 8.42 Å². The van der Waals surface area contributed by atoms with Crippen LogP contribution in [-0.2, 0) is 10.0 Å². The number of pyridine rings is 1. The highest BCUT2D eigenvalue weighted by atomic mass is 32.2. The summed E-state index contributed by atoms with van der Waals surface area (Å²) in [7, 11) is 0.0962. The van der Waals surface area contributed by atoms with Crippen LogP contribution in [0.3, 0.4) is 0 Å². The smallest absolute Gasteiger partial charge is 0.265 e. The summed E-state index contributed by atoms with van der Waals surface area (Å²) >= 11 is 0. The van der Waals surface area contributed by atoms with Crippen molar-refractivity contribution in [3.8, 4) is 0 Å². The Morgan fingerprint density at radius 2 is 1.80 bits per heavy atom. The van der Waals surface area contributed by atoms with Crippen molar-refractivity contribution in [2.24, 2.45) is 0 Å². The van der Waals surface area contributed by atoms with E-state index in [2.05, 4.69) is 9.71 Å². The van der Waals surface area contributed by atoms with Gasteiger partial charge in [0.15, 0.2) is 0 Å². The van der Waals surface area contributed by atoms with Crippen LogP contribution in [0.2, 0.25) is 0 Å². The van der Waals surface area contributed by atoms with Gasteiger partial charge in [-0.3, -0.25) is 9.71 Å². The van der Waals surface area contributed by atoms with Crippen molar-refractivity contribution in [2.45, 2.75) is 4.90 Å². The Labute approximate surface area is 118 Å². The van der Waals surface area contributed by atoms with Gasteiger partial charge in [-0.2, -0.15) is 0 Å². The quantitative estimate of drug-likeness (QED) is 0.892. The van der Waals surface area contributed by atoms with Gasteiger partial charge in [-0.25, -0.2) is 8.42 Å². The van der Waals surface area contributed by atoms with Gasteiger partial charge in [0.05, 0.1) is 5.69 Å². The highest BCUT2D eigenvalue weighted by Gasteiger charge is 2.17. The van der Waals surface area contributed by atoms with Gasteiger partial charge in [-0.15, -0.1) is 0 Å². The van der Waals surface area contributed by atoms with Crippen molar-refractivity contribution in [1.82, 2.24) is 4.98 Å². The van der Waals surface area contributed by atoms with Gasteiger partial charge in [-0.1, -0.05) is 0 Å². The molecule has 6 nitrogen and oxygen atoms in total. The molecule has 1 heterocycles. The van der Waals surface area contributed by atoms with Crippen LogP contribution >= 0.6 is 0 Å². The first kappa shape index (κ1) is 14.1. The highest BCUT2D eigenvalue weighted by molar-refractivity contribution is 7.92. The predicted octanol–water partition coefficient (Wildman–Crippen LogP) is 1.53. The number of benzene rings is 1. The molecule has 0 bridgehead atoms. The summed E-state index contributed by atoms with van der Waals surface area (Å²) in [6, 6.07) is 8.48. The Balaban J connectivity index is 2.27. The molecule has 7 heteroatoms. The molecular formula is C13H16N4O2S. The van der Waals surface area contributed by atoms with Crippen LogP contribution in [0, 0.1) is 0 Å². The molecule has 1 aromatic heterocycles. The Morgan fingerprint density at radius 1 is 1.15 bits per heavy atom. The van der Waals surface area contributed by atoms with E-state index in [1.807, 2.05) is 31.1 Å². The van der Waals surface area contributed by atoms with Crippen LogP contribution in [0.4, 0.5) is 17.1 Å². The molecule has 106 valence electrons. The lowest BCUT2D eigenvalue weighted by Gasteiger charge is -2.14. The van der Waals surface area contributed by atoms with Gasteiger partial charge in [-0.05, 0) is 30.3 Å². The normalized spacial score (nSPS) is 11.1. The molecular weight excluding hydrogens is 276 g/mol. The minimum atomic E-state index is -3.73. The second-order valence-electron chi connectivity index (χ2n) is 4.46. The second-order valence-corrected chi connectivity index (χ2v) is 6.11. The SMILES string of the molecule is CN(C)c1ccc(NS(=O)(=O)c2cnccc2N)cc1. The van der Waals surface area contributed by atoms with Gasteiger partial charge >= 0.3 is 0 Å². The molecule has 2 aromatic rings. The van der Waals surface area contributed by atoms with E-state index in [0.717, 1.165) is 5.69 Å². The van der Waals surface area contributed by atoms with E-state index in [1.54, 1.807) is 12.1 Å². The minimum Gasteiger partial charge on any atom is -0.398 e. The fraction of sp³-hybridized carbons (Fsp3) is 0.154. The van der Waals surface area contributed by atoms with Gasteiger partial charge in [0.2, 0.25) is 0 Å². The zero-order valence-corrected chi connectivity index (χ0v) is 12.1. The summed E-state index contributed by atoms with van der Waals surface area (Å²) in [5.74, 6) is 0. The van der Waals surface area contributed by atoms with E-state index in [1.165, 1.54) is 18.5 Å². The third-order valence-corrected chi connectivity index (χ3v) is 4.17. The van der Waals surface area contributed by atoms with E-state index in [4.69, 9.17) is 5.73 Å². The average Bonchev–Trinajstić information content (AvgIpc) is 2.39. The monoisotopic (exact) mass is 292 g/mol. The van der Waals surface area contributed by atoms with Crippen molar-refractivity contribution in [2.75, 3.05) is 29.5 Å². The molecule has 0 saturated carbocycles. The van der Waals surface area contributed by atoms with Crippen molar-refractivity contribution in [1.29, 1.82) is 0 Å². The Morgan fingerprint density at radius 3 is 2.35 bits per heavy atom. The van der Waals surface area contributed by atoms with Crippen LogP contribution in [-0.4, -0.2) is 27.5 Å². The summed E-state index contributed by atoms with van der Waals surface area (Å²) in [5.41, 5.74) is 7.27. The molecule has 0 aliphatic heterocycles. The second kappa shape index (κ2) is 5.38. The molecule has 0 saturated heterocycles. The molecule has 2 rings (SSSR count). The predicted molar refractivity (Wildman–Crippen MR) is 80.2 cm³/mol. The minimum absolute atomic E-state index is 0.0308. The van der Waals surface area contributed by atoms with Crippen LogP contribution in [0.5, 0.6) is 0 Å². The average molecular weight is 292 g/mol. The number of sulfonamides is 1. The maximum Gasteiger partial charge on any atom is 0.265 e. The van der Waals surface area contributed by atoms with Crippen LogP contribution in [0.25, 0.3) is 0 Å². The van der Waals surface area contributed by atoms with Gasteiger partial charge in [0.1, 0.15) is 4.90 Å². The molecule has 20 heavy (non-hydrogen) atoms. The highest BCUT2D eigenvalue weighted by Crippen LogP contribution is 2.21. The lowest BCUT2D eigenvalue weighted by atomic mass is 10.3. The zero-order chi connectivity index (χ0) is 14.8. The maximum atomic E-state index is 12.2. The third kappa shape index (κ3) is 3.00. The number of hydrogen-bond donors (Lipinski definition) is 2. The third-order valence-electron chi connectivity index (χ3n) is 2.74. The number of rotatable bonds is 4. The van der Waals surface area contributed by atoms with Crippen molar-refractivity contribution in [3.63, 3.8) is 0 Å². The fourth-order valence-electron chi connectivity index (χ4n) is 1.65. The van der Waals surface area contributed by atoms with E-state index in [-0.39, 0.29) is 10.6 Å². The number of nitrogens with zero attached hydrogens (tertiary/aromatic N) is 2. The van der Waals surface area contributed by atoms with Crippen molar-refractivity contribution < 1.29 is 8.42 Å². The van der Waals surface area contributed by atoms with Crippen molar-refractivity contribution >= 4 is 27.1 Å². The molecule has 0 fully saturated rings. The fourth-order valence-corrected chi connectivity index (χ4v) is 2.79. The van der Waals surface area contributed by atoms with E-state index < -0.39 is 10.0 Å². The topological polar surface area (TPSA) is 88.3 Å². The largest absolute Gasteiger partial charge is 0.398 e. The lowest BCUT2D eigenvalue weighted by molar-refractivity contribution is 0.601. The van der Waals surface area contributed by atoms with E-state index in [0.29, 0.717) is 5.69 Å². The number of nitrogens with two attached hydrogens (primary N) is 1. The molecule has 0 amide bonds. The molecule has 1 aromatic carbocycles. The Bertz CT molecular complexity index is 697. The first-order valence-electron chi connectivity index (χ1n) is 5.90. The number of anilines is 3. The van der Waals surface area contributed by atoms with Crippen LogP contribution < -0.4 is 15.4 Å². The molecule has 0 spiro atoms. The first-order chi connectivity index (χ1) is 9.40. The molecule has 3 N–H and O–H groups in total. The molecule has 0 unspecified atom stereocenters. The van der Waals surface area contributed by atoms with Gasteiger partial charge < -0.3 is 10.6 Å². The Kier molecular flexibility index (Phi) is 3.80. The molecule has 0 radical (unpaired) electrons. The number of aromatic nitrogens is 1. The Hall–Kier alpha value is -2.28.